The molecule has 2 aromatic heterocycles. The lowest BCUT2D eigenvalue weighted by molar-refractivity contribution is -0.148. The van der Waals surface area contributed by atoms with Gasteiger partial charge in [-0.1, -0.05) is 6.07 Å². The lowest BCUT2D eigenvalue weighted by Gasteiger charge is -2.37. The number of ether oxygens (including phenoxy) is 1. The number of rotatable bonds is 4. The third-order valence-corrected chi connectivity index (χ3v) is 6.08. The molecule has 7 nitrogen and oxygen atoms in total. The molecule has 25 heavy (non-hydrogen) atoms. The number of pyridine rings is 1. The van der Waals surface area contributed by atoms with Crippen LogP contribution in [0.5, 0.6) is 0 Å². The number of aromatic nitrogens is 2. The van der Waals surface area contributed by atoms with Gasteiger partial charge in [-0.15, -0.1) is 11.3 Å². The van der Waals surface area contributed by atoms with Gasteiger partial charge in [0.15, 0.2) is 0 Å². The van der Waals surface area contributed by atoms with Crippen molar-refractivity contribution < 1.29 is 14.6 Å². The first kappa shape index (κ1) is 16.4. The highest BCUT2D eigenvalue weighted by Gasteiger charge is 2.56. The van der Waals surface area contributed by atoms with Crippen LogP contribution in [0.25, 0.3) is 0 Å². The molecule has 2 aliphatic heterocycles. The number of methoxy groups -OCH3 is 1. The molecule has 0 radical (unpaired) electrons. The number of nitrogens with zero attached hydrogens (tertiary/aromatic N) is 3. The number of carbonyl (C=O) groups excluding carboxylic acids is 1. The number of carbonyl (C=O) groups is 1. The zero-order chi connectivity index (χ0) is 17.6. The zero-order valence-electron chi connectivity index (χ0n) is 13.7. The molecule has 2 aromatic rings. The smallest absolute Gasteiger partial charge is 0.311 e. The molecule has 2 aliphatic rings. The Morgan fingerprint density at radius 3 is 3.00 bits per heavy atom. The largest absolute Gasteiger partial charge is 0.469 e. The minimum Gasteiger partial charge on any atom is -0.469 e. The molecule has 0 spiro atoms. The standard InChI is InChI=1S/C17H19N3O4S/c1-24-17(23)15-10(9-21)12-7-19-11(3-2-4-14(19)22)16(15)20(12)8-13-18-5-6-25-13/h2-6,10,12,15-16,21H,7-9H2,1H3/t10-,12-,15+,16+/m1/s1. The van der Waals surface area contributed by atoms with Gasteiger partial charge in [0.25, 0.3) is 5.56 Å². The normalized spacial score (nSPS) is 27.9. The van der Waals surface area contributed by atoms with Crippen LogP contribution in [0, 0.1) is 11.8 Å². The van der Waals surface area contributed by atoms with E-state index in [1.165, 1.54) is 13.2 Å². The summed E-state index contributed by atoms with van der Waals surface area (Å²) in [6.07, 6.45) is 1.76. The van der Waals surface area contributed by atoms with Crippen molar-refractivity contribution in [1.29, 1.82) is 0 Å². The number of esters is 1. The molecule has 4 rings (SSSR count). The average molecular weight is 361 g/mol. The van der Waals surface area contributed by atoms with Gasteiger partial charge < -0.3 is 14.4 Å². The first-order chi connectivity index (χ1) is 12.2. The first-order valence-electron chi connectivity index (χ1n) is 8.18. The van der Waals surface area contributed by atoms with Crippen LogP contribution in [-0.2, 0) is 22.6 Å². The van der Waals surface area contributed by atoms with Gasteiger partial charge in [0.1, 0.15) is 5.01 Å². The predicted molar refractivity (Wildman–Crippen MR) is 91.0 cm³/mol. The number of thiazole rings is 1. The van der Waals surface area contributed by atoms with Crippen molar-refractivity contribution in [2.75, 3.05) is 13.7 Å². The Labute approximate surface area is 148 Å². The van der Waals surface area contributed by atoms with Crippen molar-refractivity contribution in [3.05, 3.63) is 50.8 Å². The molecular weight excluding hydrogens is 342 g/mol. The van der Waals surface area contributed by atoms with E-state index in [0.717, 1.165) is 10.7 Å². The molecule has 4 atom stereocenters. The maximum absolute atomic E-state index is 12.5. The molecule has 1 fully saturated rings. The fraction of sp³-hybridized carbons (Fsp3) is 0.471. The highest BCUT2D eigenvalue weighted by atomic mass is 32.1. The van der Waals surface area contributed by atoms with Crippen molar-refractivity contribution in [3.8, 4) is 0 Å². The Balaban J connectivity index is 1.83. The van der Waals surface area contributed by atoms with Crippen molar-refractivity contribution in [1.82, 2.24) is 14.5 Å². The summed E-state index contributed by atoms with van der Waals surface area (Å²) >= 11 is 1.56. The first-order valence-corrected chi connectivity index (χ1v) is 9.06. The molecule has 0 aliphatic carbocycles. The quantitative estimate of drug-likeness (QED) is 0.805. The summed E-state index contributed by atoms with van der Waals surface area (Å²) in [6.45, 7) is 0.910. The fourth-order valence-corrected chi connectivity index (χ4v) is 4.91. The highest BCUT2D eigenvalue weighted by molar-refractivity contribution is 7.09. The summed E-state index contributed by atoms with van der Waals surface area (Å²) in [7, 11) is 1.36. The molecule has 1 N–H and O–H groups in total. The lowest BCUT2D eigenvalue weighted by Crippen LogP contribution is -2.45. The molecule has 0 aromatic carbocycles. The second-order valence-corrected chi connectivity index (χ2v) is 7.38. The van der Waals surface area contributed by atoms with E-state index in [1.807, 2.05) is 11.4 Å². The van der Waals surface area contributed by atoms with Gasteiger partial charge in [-0.05, 0) is 6.07 Å². The molecule has 0 saturated carbocycles. The molecular formula is C17H19N3O4S. The van der Waals surface area contributed by atoms with Gasteiger partial charge in [0, 0.05) is 48.4 Å². The Morgan fingerprint density at radius 2 is 2.32 bits per heavy atom. The Morgan fingerprint density at radius 1 is 1.48 bits per heavy atom. The van der Waals surface area contributed by atoms with Crippen LogP contribution < -0.4 is 5.56 Å². The van der Waals surface area contributed by atoms with Gasteiger partial charge in [0.05, 0.1) is 25.6 Å². The van der Waals surface area contributed by atoms with E-state index >= 15 is 0 Å². The molecule has 4 heterocycles. The van der Waals surface area contributed by atoms with Crippen LogP contribution in [0.2, 0.25) is 0 Å². The van der Waals surface area contributed by atoms with Crippen molar-refractivity contribution in [3.63, 3.8) is 0 Å². The number of aliphatic hydroxyl groups excluding tert-OH is 1. The van der Waals surface area contributed by atoms with Crippen molar-refractivity contribution in [2.45, 2.75) is 25.2 Å². The number of aliphatic hydroxyl groups is 1. The molecule has 132 valence electrons. The molecule has 0 amide bonds. The summed E-state index contributed by atoms with van der Waals surface area (Å²) in [5.41, 5.74) is 0.718. The third kappa shape index (κ3) is 2.52. The van der Waals surface area contributed by atoms with E-state index in [1.54, 1.807) is 28.2 Å². The van der Waals surface area contributed by atoms with Gasteiger partial charge in [-0.3, -0.25) is 14.5 Å². The van der Waals surface area contributed by atoms with Gasteiger partial charge in [-0.25, -0.2) is 4.98 Å². The number of hydrogen-bond donors (Lipinski definition) is 1. The molecule has 8 heteroatoms. The van der Waals surface area contributed by atoms with E-state index in [2.05, 4.69) is 9.88 Å². The minimum atomic E-state index is -0.504. The van der Waals surface area contributed by atoms with Crippen molar-refractivity contribution >= 4 is 17.3 Å². The Hall–Kier alpha value is -2.03. The summed E-state index contributed by atoms with van der Waals surface area (Å²) in [4.78, 5) is 31.4. The van der Waals surface area contributed by atoms with Gasteiger partial charge in [-0.2, -0.15) is 0 Å². The van der Waals surface area contributed by atoms with Crippen LogP contribution in [0.4, 0.5) is 0 Å². The monoisotopic (exact) mass is 361 g/mol. The van der Waals surface area contributed by atoms with Crippen molar-refractivity contribution in [2.24, 2.45) is 11.8 Å². The molecule has 2 bridgehead atoms. The number of fused-ring (bicyclic) bond motifs is 4. The second kappa shape index (κ2) is 6.36. The van der Waals surface area contributed by atoms with Gasteiger partial charge in [0.2, 0.25) is 0 Å². The van der Waals surface area contributed by atoms with E-state index in [-0.39, 0.29) is 36.1 Å². The second-order valence-electron chi connectivity index (χ2n) is 6.41. The third-order valence-electron chi connectivity index (χ3n) is 5.32. The van der Waals surface area contributed by atoms with E-state index < -0.39 is 5.92 Å². The summed E-state index contributed by atoms with van der Waals surface area (Å²) < 4.78 is 6.75. The van der Waals surface area contributed by atoms with Crippen LogP contribution in [-0.4, -0.2) is 45.3 Å². The SMILES string of the molecule is COC(=O)[C@H]1[C@H](CO)[C@H]2Cn3c(cccc3=O)[C@@H]1N2Cc1nccs1. The maximum atomic E-state index is 12.5. The maximum Gasteiger partial charge on any atom is 0.311 e. The Kier molecular flexibility index (Phi) is 4.18. The summed E-state index contributed by atoms with van der Waals surface area (Å²) in [5, 5.41) is 12.9. The van der Waals surface area contributed by atoms with Crippen LogP contribution in [0.3, 0.4) is 0 Å². The fourth-order valence-electron chi connectivity index (χ4n) is 4.28. The average Bonchev–Trinajstić information content (AvgIpc) is 3.19. The van der Waals surface area contributed by atoms with E-state index in [0.29, 0.717) is 13.1 Å². The predicted octanol–water partition coefficient (Wildman–Crippen LogP) is 0.642. The number of hydrogen-bond acceptors (Lipinski definition) is 7. The van der Waals surface area contributed by atoms with E-state index in [9.17, 15) is 14.7 Å². The lowest BCUT2D eigenvalue weighted by atomic mass is 9.87. The van der Waals surface area contributed by atoms with Crippen LogP contribution >= 0.6 is 11.3 Å². The zero-order valence-corrected chi connectivity index (χ0v) is 14.6. The Bertz CT molecular complexity index is 835. The summed E-state index contributed by atoms with van der Waals surface area (Å²) in [5.74, 6) is -1.13. The molecule has 0 unspecified atom stereocenters. The van der Waals surface area contributed by atoms with Crippen LogP contribution in [0.15, 0.2) is 34.6 Å². The highest BCUT2D eigenvalue weighted by Crippen LogP contribution is 2.49. The summed E-state index contributed by atoms with van der Waals surface area (Å²) in [6, 6.07) is 4.71. The van der Waals surface area contributed by atoms with E-state index in [4.69, 9.17) is 4.74 Å². The van der Waals surface area contributed by atoms with Crippen LogP contribution in [0.1, 0.15) is 16.7 Å². The molecule has 1 saturated heterocycles. The van der Waals surface area contributed by atoms with Gasteiger partial charge >= 0.3 is 5.97 Å². The topological polar surface area (TPSA) is 84.7 Å². The minimum absolute atomic E-state index is 0.0800.